The molecule has 0 aliphatic heterocycles. The van der Waals surface area contributed by atoms with E-state index in [0.29, 0.717) is 11.5 Å². The number of hydrogen-bond acceptors (Lipinski definition) is 2. The third-order valence-electron chi connectivity index (χ3n) is 2.15. The Kier molecular flexibility index (Phi) is 4.10. The normalized spacial score (nSPS) is 10.1. The van der Waals surface area contributed by atoms with E-state index in [1.807, 2.05) is 12.1 Å². The fourth-order valence-electron chi connectivity index (χ4n) is 1.22. The van der Waals surface area contributed by atoms with Crippen molar-refractivity contribution in [3.05, 3.63) is 48.0 Å². The molecule has 0 unspecified atom stereocenters. The van der Waals surface area contributed by atoms with Gasteiger partial charge in [0.2, 0.25) is 0 Å². The van der Waals surface area contributed by atoms with Crippen molar-refractivity contribution in [1.82, 2.24) is 0 Å². The highest BCUT2D eigenvalue weighted by molar-refractivity contribution is 5.89. The van der Waals surface area contributed by atoms with Crippen molar-refractivity contribution in [3.8, 4) is 0 Å². The molecule has 1 aromatic rings. The summed E-state index contributed by atoms with van der Waals surface area (Å²) in [6.45, 7) is 7.97. The van der Waals surface area contributed by atoms with Gasteiger partial charge >= 0.3 is 5.97 Å². The van der Waals surface area contributed by atoms with Crippen LogP contribution in [0.15, 0.2) is 36.9 Å². The summed E-state index contributed by atoms with van der Waals surface area (Å²) in [5.74, 6) is 0.174. The lowest BCUT2D eigenvalue weighted by Gasteiger charge is -2.06. The van der Waals surface area contributed by atoms with Gasteiger partial charge in [0.05, 0.1) is 5.56 Å². The Morgan fingerprint density at radius 2 is 2.00 bits per heavy atom. The highest BCUT2D eigenvalue weighted by atomic mass is 16.5. The third-order valence-corrected chi connectivity index (χ3v) is 2.15. The van der Waals surface area contributed by atoms with Crippen molar-refractivity contribution < 1.29 is 9.53 Å². The van der Waals surface area contributed by atoms with Crippen molar-refractivity contribution >= 4 is 5.97 Å². The second-order valence-corrected chi connectivity index (χ2v) is 3.66. The molecule has 0 bridgehead atoms. The lowest BCUT2D eigenvalue weighted by atomic mass is 10.0. The lowest BCUT2D eigenvalue weighted by molar-refractivity contribution is 0.0549. The Morgan fingerprint density at radius 1 is 1.40 bits per heavy atom. The van der Waals surface area contributed by atoms with Crippen LogP contribution in [0.2, 0.25) is 0 Å². The van der Waals surface area contributed by atoms with Gasteiger partial charge in [0, 0.05) is 0 Å². The molecule has 80 valence electrons. The minimum Gasteiger partial charge on any atom is -0.458 e. The number of carbonyl (C=O) groups is 1. The van der Waals surface area contributed by atoms with Gasteiger partial charge in [-0.25, -0.2) is 4.79 Å². The van der Waals surface area contributed by atoms with Crippen molar-refractivity contribution in [3.63, 3.8) is 0 Å². The molecule has 0 saturated carbocycles. The Bertz CT molecular complexity index is 336. The standard InChI is InChI=1S/C13H16O2/c1-4-9-15-13(14)12-7-5-11(6-8-12)10(2)3/h4-8,10H,1,9H2,2-3H3. The maximum atomic E-state index is 11.4. The average molecular weight is 204 g/mol. The molecule has 0 aliphatic rings. The Morgan fingerprint density at radius 3 is 2.47 bits per heavy atom. The van der Waals surface area contributed by atoms with Gasteiger partial charge in [-0.15, -0.1) is 0 Å². The van der Waals surface area contributed by atoms with E-state index < -0.39 is 0 Å². The van der Waals surface area contributed by atoms with Gasteiger partial charge < -0.3 is 4.74 Å². The van der Waals surface area contributed by atoms with Crippen LogP contribution in [0.25, 0.3) is 0 Å². The number of carbonyl (C=O) groups excluding carboxylic acids is 1. The number of ether oxygens (including phenoxy) is 1. The summed E-state index contributed by atoms with van der Waals surface area (Å²) in [7, 11) is 0. The van der Waals surface area contributed by atoms with E-state index in [1.54, 1.807) is 18.2 Å². The maximum Gasteiger partial charge on any atom is 0.338 e. The molecule has 1 aromatic carbocycles. The Hall–Kier alpha value is -1.57. The number of benzene rings is 1. The summed E-state index contributed by atoms with van der Waals surface area (Å²) >= 11 is 0. The molecule has 0 radical (unpaired) electrons. The molecule has 2 nitrogen and oxygen atoms in total. The fourth-order valence-corrected chi connectivity index (χ4v) is 1.22. The van der Waals surface area contributed by atoms with Crippen molar-refractivity contribution in [2.45, 2.75) is 19.8 Å². The van der Waals surface area contributed by atoms with E-state index in [1.165, 1.54) is 5.56 Å². The average Bonchev–Trinajstić information content (AvgIpc) is 2.26. The monoisotopic (exact) mass is 204 g/mol. The highest BCUT2D eigenvalue weighted by Gasteiger charge is 2.06. The van der Waals surface area contributed by atoms with Crippen LogP contribution in [0.3, 0.4) is 0 Å². The zero-order valence-electron chi connectivity index (χ0n) is 9.19. The SMILES string of the molecule is C=CCOC(=O)c1ccc(C(C)C)cc1. The molecule has 2 heteroatoms. The molecule has 15 heavy (non-hydrogen) atoms. The number of esters is 1. The van der Waals surface area contributed by atoms with Crippen molar-refractivity contribution in [2.75, 3.05) is 6.61 Å². The molecular formula is C13H16O2. The van der Waals surface area contributed by atoms with E-state index in [2.05, 4.69) is 20.4 Å². The van der Waals surface area contributed by atoms with Gasteiger partial charge in [-0.1, -0.05) is 38.6 Å². The second kappa shape index (κ2) is 5.35. The van der Waals surface area contributed by atoms with Crippen molar-refractivity contribution in [1.29, 1.82) is 0 Å². The first kappa shape index (κ1) is 11.5. The zero-order valence-corrected chi connectivity index (χ0v) is 9.19. The topological polar surface area (TPSA) is 26.3 Å². The summed E-state index contributed by atoms with van der Waals surface area (Å²) in [6.07, 6.45) is 1.56. The molecule has 0 N–H and O–H groups in total. The summed E-state index contributed by atoms with van der Waals surface area (Å²) in [5, 5.41) is 0. The summed E-state index contributed by atoms with van der Waals surface area (Å²) < 4.78 is 4.92. The van der Waals surface area contributed by atoms with Gasteiger partial charge in [0.1, 0.15) is 6.61 Å². The van der Waals surface area contributed by atoms with Gasteiger partial charge in [-0.2, -0.15) is 0 Å². The molecule has 0 amide bonds. The van der Waals surface area contributed by atoms with Crippen LogP contribution in [0.1, 0.15) is 35.7 Å². The summed E-state index contributed by atoms with van der Waals surface area (Å²) in [6, 6.07) is 7.49. The fraction of sp³-hybridized carbons (Fsp3) is 0.308. The number of hydrogen-bond donors (Lipinski definition) is 0. The van der Waals surface area contributed by atoms with E-state index in [9.17, 15) is 4.79 Å². The first-order valence-corrected chi connectivity index (χ1v) is 5.03. The predicted molar refractivity (Wildman–Crippen MR) is 61.0 cm³/mol. The molecule has 0 atom stereocenters. The minimum atomic E-state index is -0.301. The Labute approximate surface area is 90.6 Å². The molecule has 0 heterocycles. The van der Waals surface area contributed by atoms with Crippen LogP contribution in [-0.2, 0) is 4.74 Å². The minimum absolute atomic E-state index is 0.255. The Balaban J connectivity index is 2.71. The maximum absolute atomic E-state index is 11.4. The zero-order chi connectivity index (χ0) is 11.3. The van der Waals surface area contributed by atoms with Crippen LogP contribution in [0, 0.1) is 0 Å². The van der Waals surface area contributed by atoms with Crippen LogP contribution in [0.4, 0.5) is 0 Å². The van der Waals surface area contributed by atoms with Crippen LogP contribution in [-0.4, -0.2) is 12.6 Å². The summed E-state index contributed by atoms with van der Waals surface area (Å²) in [5.41, 5.74) is 1.80. The van der Waals surface area contributed by atoms with E-state index in [4.69, 9.17) is 4.74 Å². The van der Waals surface area contributed by atoms with Crippen LogP contribution < -0.4 is 0 Å². The van der Waals surface area contributed by atoms with E-state index >= 15 is 0 Å². The highest BCUT2D eigenvalue weighted by Crippen LogP contribution is 2.15. The molecule has 0 saturated heterocycles. The summed E-state index contributed by atoms with van der Waals surface area (Å²) in [4.78, 5) is 11.4. The molecule has 0 fully saturated rings. The first-order chi connectivity index (χ1) is 7.15. The van der Waals surface area contributed by atoms with Gasteiger partial charge in [0.15, 0.2) is 0 Å². The predicted octanol–water partition coefficient (Wildman–Crippen LogP) is 3.15. The van der Waals surface area contributed by atoms with Crippen LogP contribution in [0.5, 0.6) is 0 Å². The molecule has 0 spiro atoms. The van der Waals surface area contributed by atoms with E-state index in [-0.39, 0.29) is 12.6 Å². The van der Waals surface area contributed by atoms with Crippen molar-refractivity contribution in [2.24, 2.45) is 0 Å². The molecular weight excluding hydrogens is 188 g/mol. The van der Waals surface area contributed by atoms with Crippen LogP contribution >= 0.6 is 0 Å². The molecule has 0 aliphatic carbocycles. The third kappa shape index (κ3) is 3.24. The first-order valence-electron chi connectivity index (χ1n) is 5.03. The second-order valence-electron chi connectivity index (χ2n) is 3.66. The quantitative estimate of drug-likeness (QED) is 0.556. The lowest BCUT2D eigenvalue weighted by Crippen LogP contribution is -2.05. The molecule has 1 rings (SSSR count). The van der Waals surface area contributed by atoms with Gasteiger partial charge in [0.25, 0.3) is 0 Å². The molecule has 0 aromatic heterocycles. The van der Waals surface area contributed by atoms with Gasteiger partial charge in [-0.3, -0.25) is 0 Å². The number of rotatable bonds is 4. The van der Waals surface area contributed by atoms with E-state index in [0.717, 1.165) is 0 Å². The smallest absolute Gasteiger partial charge is 0.338 e. The largest absolute Gasteiger partial charge is 0.458 e. The van der Waals surface area contributed by atoms with Gasteiger partial charge in [-0.05, 0) is 23.6 Å².